The van der Waals surface area contributed by atoms with Crippen LogP contribution in [0.4, 0.5) is 0 Å². The van der Waals surface area contributed by atoms with Gasteiger partial charge in [0, 0.05) is 30.9 Å². The summed E-state index contributed by atoms with van der Waals surface area (Å²) in [6.45, 7) is 0.0308. The third kappa shape index (κ3) is 3.19. The molecule has 0 aliphatic heterocycles. The summed E-state index contributed by atoms with van der Waals surface area (Å²) in [5.41, 5.74) is 0.408. The van der Waals surface area contributed by atoms with Gasteiger partial charge in [-0.2, -0.15) is 0 Å². The Balaban J connectivity index is 2.07. The van der Waals surface area contributed by atoms with Crippen LogP contribution in [-0.2, 0) is 9.53 Å². The lowest BCUT2D eigenvalue weighted by molar-refractivity contribution is -0.120. The summed E-state index contributed by atoms with van der Waals surface area (Å²) in [7, 11) is 1.33. The summed E-state index contributed by atoms with van der Waals surface area (Å²) < 4.78 is 4.71. The maximum Gasteiger partial charge on any atom is 0.340 e. The molecule has 1 aromatic rings. The number of thioether (sulfide) groups is 1. The molecule has 1 saturated carbocycles. The molecule has 0 bridgehead atoms. The molecule has 0 radical (unpaired) electrons. The number of hydrogen-bond donors (Lipinski definition) is 1. The second-order valence-corrected chi connectivity index (χ2v) is 5.72. The van der Waals surface area contributed by atoms with Crippen LogP contribution in [0.5, 0.6) is 0 Å². The Labute approximate surface area is 121 Å². The van der Waals surface area contributed by atoms with E-state index < -0.39 is 5.97 Å². The smallest absolute Gasteiger partial charge is 0.340 e. The third-order valence-electron chi connectivity index (χ3n) is 3.55. The van der Waals surface area contributed by atoms with Crippen molar-refractivity contribution in [1.29, 1.82) is 0 Å². The van der Waals surface area contributed by atoms with Gasteiger partial charge < -0.3 is 9.84 Å². The molecule has 1 heterocycles. The Kier molecular flexibility index (Phi) is 5.14. The van der Waals surface area contributed by atoms with Gasteiger partial charge in [0.1, 0.15) is 10.8 Å². The van der Waals surface area contributed by atoms with Crippen LogP contribution < -0.4 is 0 Å². The number of Topliss-reactive ketones (excluding diaryl/α,β-unsaturated/α-hetero) is 1. The van der Waals surface area contributed by atoms with E-state index in [9.17, 15) is 14.7 Å². The van der Waals surface area contributed by atoms with Crippen LogP contribution in [0.25, 0.3) is 0 Å². The third-order valence-corrected chi connectivity index (χ3v) is 4.68. The molecule has 2 atom stereocenters. The summed E-state index contributed by atoms with van der Waals surface area (Å²) in [6, 6.07) is 3.33. The van der Waals surface area contributed by atoms with E-state index in [2.05, 4.69) is 4.98 Å². The summed E-state index contributed by atoms with van der Waals surface area (Å²) in [5.74, 6) is 0.160. The van der Waals surface area contributed by atoms with Gasteiger partial charge in [0.15, 0.2) is 0 Å². The molecule has 1 N–H and O–H groups in total. The number of aliphatic hydroxyl groups is 1. The van der Waals surface area contributed by atoms with Crippen molar-refractivity contribution in [3.8, 4) is 0 Å². The number of ketones is 1. The van der Waals surface area contributed by atoms with Gasteiger partial charge in [0.25, 0.3) is 0 Å². The molecular weight excluding hydrogens is 278 g/mol. The van der Waals surface area contributed by atoms with Crippen LogP contribution in [0, 0.1) is 11.8 Å². The minimum Gasteiger partial charge on any atom is -0.465 e. The first-order valence-electron chi connectivity index (χ1n) is 6.47. The molecule has 0 saturated heterocycles. The Morgan fingerprint density at radius 1 is 1.60 bits per heavy atom. The highest BCUT2D eigenvalue weighted by molar-refractivity contribution is 7.99. The quantitative estimate of drug-likeness (QED) is 0.656. The highest BCUT2D eigenvalue weighted by atomic mass is 32.2. The van der Waals surface area contributed by atoms with E-state index in [0.717, 1.165) is 6.42 Å². The Hall–Kier alpha value is -1.40. The summed E-state index contributed by atoms with van der Waals surface area (Å²) in [4.78, 5) is 27.6. The molecular formula is C14H17NO4S. The SMILES string of the molecule is COC(=O)c1cccnc1SCC1C(=O)CCC1CO. The molecule has 1 aromatic heterocycles. The molecule has 2 rings (SSSR count). The molecule has 108 valence electrons. The molecule has 0 amide bonds. The second kappa shape index (κ2) is 6.85. The molecule has 20 heavy (non-hydrogen) atoms. The van der Waals surface area contributed by atoms with Crippen LogP contribution in [-0.4, -0.2) is 41.3 Å². The Bertz CT molecular complexity index is 506. The fourth-order valence-electron chi connectivity index (χ4n) is 2.36. The van der Waals surface area contributed by atoms with Crippen molar-refractivity contribution in [3.63, 3.8) is 0 Å². The number of methoxy groups -OCH3 is 1. The minimum absolute atomic E-state index is 0.0280. The lowest BCUT2D eigenvalue weighted by Crippen LogP contribution is -2.20. The van der Waals surface area contributed by atoms with E-state index in [1.807, 2.05) is 0 Å². The van der Waals surface area contributed by atoms with Crippen molar-refractivity contribution in [2.24, 2.45) is 11.8 Å². The van der Waals surface area contributed by atoms with E-state index >= 15 is 0 Å². The molecule has 0 aromatic carbocycles. The van der Waals surface area contributed by atoms with E-state index in [1.165, 1.54) is 18.9 Å². The number of aromatic nitrogens is 1. The van der Waals surface area contributed by atoms with Gasteiger partial charge >= 0.3 is 5.97 Å². The molecule has 6 heteroatoms. The lowest BCUT2D eigenvalue weighted by atomic mass is 9.99. The first-order valence-corrected chi connectivity index (χ1v) is 7.45. The number of pyridine rings is 1. The van der Waals surface area contributed by atoms with Crippen molar-refractivity contribution in [2.75, 3.05) is 19.5 Å². The average Bonchev–Trinajstić information content (AvgIpc) is 2.85. The number of rotatable bonds is 5. The van der Waals surface area contributed by atoms with E-state index in [4.69, 9.17) is 4.74 Å². The van der Waals surface area contributed by atoms with Gasteiger partial charge in [0.2, 0.25) is 0 Å². The van der Waals surface area contributed by atoms with E-state index in [-0.39, 0.29) is 24.2 Å². The van der Waals surface area contributed by atoms with Gasteiger partial charge in [0.05, 0.1) is 12.7 Å². The Morgan fingerprint density at radius 3 is 3.10 bits per heavy atom. The zero-order valence-corrected chi connectivity index (χ0v) is 12.1. The monoisotopic (exact) mass is 295 g/mol. The van der Waals surface area contributed by atoms with Crippen LogP contribution >= 0.6 is 11.8 Å². The first-order chi connectivity index (χ1) is 9.67. The molecule has 2 unspecified atom stereocenters. The Morgan fingerprint density at radius 2 is 2.40 bits per heavy atom. The lowest BCUT2D eigenvalue weighted by Gasteiger charge is -2.15. The van der Waals surface area contributed by atoms with Gasteiger partial charge in [-0.15, -0.1) is 11.8 Å². The van der Waals surface area contributed by atoms with Gasteiger partial charge in [-0.05, 0) is 24.5 Å². The highest BCUT2D eigenvalue weighted by Crippen LogP contribution is 2.33. The van der Waals surface area contributed by atoms with Gasteiger partial charge in [-0.3, -0.25) is 4.79 Å². The molecule has 0 spiro atoms. The van der Waals surface area contributed by atoms with Gasteiger partial charge in [-0.25, -0.2) is 9.78 Å². The van der Waals surface area contributed by atoms with Crippen LogP contribution in [0.3, 0.4) is 0 Å². The topological polar surface area (TPSA) is 76.5 Å². The van der Waals surface area contributed by atoms with Crippen molar-refractivity contribution in [2.45, 2.75) is 17.9 Å². The molecule has 1 aliphatic carbocycles. The van der Waals surface area contributed by atoms with E-state index in [0.29, 0.717) is 22.8 Å². The number of nitrogens with zero attached hydrogens (tertiary/aromatic N) is 1. The number of aliphatic hydroxyl groups excluding tert-OH is 1. The number of ether oxygens (including phenoxy) is 1. The van der Waals surface area contributed by atoms with Crippen LogP contribution in [0.2, 0.25) is 0 Å². The average molecular weight is 295 g/mol. The minimum atomic E-state index is -0.433. The van der Waals surface area contributed by atoms with Crippen molar-refractivity contribution in [1.82, 2.24) is 4.98 Å². The maximum atomic E-state index is 11.8. The fourth-order valence-corrected chi connectivity index (χ4v) is 3.60. The molecule has 5 nitrogen and oxygen atoms in total. The largest absolute Gasteiger partial charge is 0.465 e. The predicted octanol–water partition coefficient (Wildman–Crippen LogP) is 1.55. The highest BCUT2D eigenvalue weighted by Gasteiger charge is 2.34. The zero-order chi connectivity index (χ0) is 14.5. The fraction of sp³-hybridized carbons (Fsp3) is 0.500. The van der Waals surface area contributed by atoms with E-state index in [1.54, 1.807) is 18.3 Å². The van der Waals surface area contributed by atoms with Crippen molar-refractivity contribution < 1.29 is 19.4 Å². The first kappa shape index (κ1) is 15.0. The van der Waals surface area contributed by atoms with Crippen molar-refractivity contribution >= 4 is 23.5 Å². The zero-order valence-electron chi connectivity index (χ0n) is 11.2. The number of carbonyl (C=O) groups is 2. The molecule has 1 fully saturated rings. The number of hydrogen-bond acceptors (Lipinski definition) is 6. The normalized spacial score (nSPS) is 22.0. The second-order valence-electron chi connectivity index (χ2n) is 4.71. The molecule has 1 aliphatic rings. The summed E-state index contributed by atoms with van der Waals surface area (Å²) in [5, 5.41) is 9.85. The predicted molar refractivity (Wildman–Crippen MR) is 74.6 cm³/mol. The van der Waals surface area contributed by atoms with Crippen LogP contribution in [0.15, 0.2) is 23.4 Å². The van der Waals surface area contributed by atoms with Gasteiger partial charge in [-0.1, -0.05) is 0 Å². The number of esters is 1. The summed E-state index contributed by atoms with van der Waals surface area (Å²) in [6.07, 6.45) is 2.88. The summed E-state index contributed by atoms with van der Waals surface area (Å²) >= 11 is 1.37. The number of carbonyl (C=O) groups excluding carboxylic acids is 2. The standard InChI is InChI=1S/C14H17NO4S/c1-19-14(18)10-3-2-6-15-13(10)20-8-11-9(7-16)4-5-12(11)17/h2-3,6,9,11,16H,4-5,7-8H2,1H3. The van der Waals surface area contributed by atoms with Crippen molar-refractivity contribution in [3.05, 3.63) is 23.9 Å². The maximum absolute atomic E-state index is 11.8. The van der Waals surface area contributed by atoms with Crippen LogP contribution in [0.1, 0.15) is 23.2 Å².